The number of benzene rings is 1. The highest BCUT2D eigenvalue weighted by Gasteiger charge is 2.42. The molecule has 0 atom stereocenters. The molecule has 1 aromatic heterocycles. The van der Waals surface area contributed by atoms with Crippen molar-refractivity contribution in [3.63, 3.8) is 0 Å². The van der Waals surface area contributed by atoms with Crippen molar-refractivity contribution in [2.24, 2.45) is 0 Å². The van der Waals surface area contributed by atoms with E-state index in [1.165, 1.54) is 16.2 Å². The van der Waals surface area contributed by atoms with Crippen molar-refractivity contribution in [2.45, 2.75) is 12.8 Å². The highest BCUT2D eigenvalue weighted by Crippen LogP contribution is 2.35. The van der Waals surface area contributed by atoms with Gasteiger partial charge in [0.15, 0.2) is 0 Å². The molecule has 1 fully saturated rings. The zero-order chi connectivity index (χ0) is 19.5. The number of imide groups is 1. The van der Waals surface area contributed by atoms with Gasteiger partial charge in [-0.15, -0.1) is 11.3 Å². The van der Waals surface area contributed by atoms with Crippen LogP contribution in [0.5, 0.6) is 11.5 Å². The number of hydrogen-bond donors (Lipinski definition) is 0. The first-order valence-corrected chi connectivity index (χ1v) is 10.2. The summed E-state index contributed by atoms with van der Waals surface area (Å²) >= 11 is 1.49. The van der Waals surface area contributed by atoms with Crippen molar-refractivity contribution in [3.8, 4) is 11.5 Å². The second kappa shape index (κ2) is 8.06. The SMILES string of the molecule is COc1ccc(OCCN2C(=O)C(c3cccs3)=C(N3CCCC3)C2=O)cc1. The first-order chi connectivity index (χ1) is 13.7. The summed E-state index contributed by atoms with van der Waals surface area (Å²) in [6.45, 7) is 2.10. The van der Waals surface area contributed by atoms with Gasteiger partial charge in [-0.05, 0) is 48.6 Å². The van der Waals surface area contributed by atoms with E-state index in [4.69, 9.17) is 9.47 Å². The van der Waals surface area contributed by atoms with Crippen molar-refractivity contribution in [1.82, 2.24) is 9.80 Å². The predicted molar refractivity (Wildman–Crippen MR) is 107 cm³/mol. The molecule has 0 spiro atoms. The molecule has 1 saturated heterocycles. The Morgan fingerprint density at radius 1 is 1.00 bits per heavy atom. The molecule has 1 aromatic carbocycles. The Bertz CT molecular complexity index is 884. The van der Waals surface area contributed by atoms with Crippen molar-refractivity contribution in [2.75, 3.05) is 33.4 Å². The monoisotopic (exact) mass is 398 g/mol. The van der Waals surface area contributed by atoms with E-state index < -0.39 is 0 Å². The van der Waals surface area contributed by atoms with Crippen LogP contribution >= 0.6 is 11.3 Å². The molecule has 4 rings (SSSR count). The number of methoxy groups -OCH3 is 1. The quantitative estimate of drug-likeness (QED) is 0.671. The maximum absolute atomic E-state index is 13.1. The maximum Gasteiger partial charge on any atom is 0.278 e. The van der Waals surface area contributed by atoms with Gasteiger partial charge in [-0.25, -0.2) is 0 Å². The largest absolute Gasteiger partial charge is 0.497 e. The normalized spacial score (nSPS) is 17.0. The lowest BCUT2D eigenvalue weighted by molar-refractivity contribution is -0.137. The Balaban J connectivity index is 1.48. The van der Waals surface area contributed by atoms with Crippen LogP contribution in [0.2, 0.25) is 0 Å². The fraction of sp³-hybridized carbons (Fsp3) is 0.333. The number of likely N-dealkylation sites (tertiary alicyclic amines) is 1. The highest BCUT2D eigenvalue weighted by atomic mass is 32.1. The van der Waals surface area contributed by atoms with Gasteiger partial charge in [-0.1, -0.05) is 6.07 Å². The third kappa shape index (κ3) is 3.49. The lowest BCUT2D eigenvalue weighted by atomic mass is 10.2. The summed E-state index contributed by atoms with van der Waals surface area (Å²) in [5.41, 5.74) is 1.08. The van der Waals surface area contributed by atoms with Gasteiger partial charge in [-0.3, -0.25) is 14.5 Å². The van der Waals surface area contributed by atoms with Gasteiger partial charge in [0.2, 0.25) is 0 Å². The van der Waals surface area contributed by atoms with Crippen molar-refractivity contribution >= 4 is 28.7 Å². The second-order valence-corrected chi connectivity index (χ2v) is 7.63. The number of amides is 2. The number of thiophene rings is 1. The van der Waals surface area contributed by atoms with Gasteiger partial charge < -0.3 is 14.4 Å². The fourth-order valence-electron chi connectivity index (χ4n) is 3.57. The molecule has 0 unspecified atom stereocenters. The van der Waals surface area contributed by atoms with Crippen LogP contribution in [0.15, 0.2) is 47.5 Å². The molecular formula is C21H22N2O4S. The van der Waals surface area contributed by atoms with Crippen LogP contribution in [0.25, 0.3) is 5.57 Å². The molecule has 0 radical (unpaired) electrons. The summed E-state index contributed by atoms with van der Waals surface area (Å²) in [6.07, 6.45) is 2.09. The van der Waals surface area contributed by atoms with Gasteiger partial charge in [-0.2, -0.15) is 0 Å². The smallest absolute Gasteiger partial charge is 0.278 e. The van der Waals surface area contributed by atoms with Crippen LogP contribution in [-0.4, -0.2) is 55.0 Å². The zero-order valence-electron chi connectivity index (χ0n) is 15.7. The molecule has 0 N–H and O–H groups in total. The van der Waals surface area contributed by atoms with E-state index in [1.807, 2.05) is 29.6 Å². The molecule has 0 aliphatic carbocycles. The summed E-state index contributed by atoms with van der Waals surface area (Å²) in [6, 6.07) is 11.0. The molecule has 146 valence electrons. The Labute approximate surface area is 168 Å². The Morgan fingerprint density at radius 2 is 1.71 bits per heavy atom. The minimum atomic E-state index is -0.229. The van der Waals surface area contributed by atoms with Crippen LogP contribution in [0.1, 0.15) is 17.7 Å². The summed E-state index contributed by atoms with van der Waals surface area (Å²) in [7, 11) is 1.61. The van der Waals surface area contributed by atoms with Crippen molar-refractivity contribution in [1.29, 1.82) is 0 Å². The first kappa shape index (κ1) is 18.6. The number of carbonyl (C=O) groups excluding carboxylic acids is 2. The van der Waals surface area contributed by atoms with Crippen molar-refractivity contribution < 1.29 is 19.1 Å². The molecule has 6 nitrogen and oxygen atoms in total. The molecule has 2 aromatic rings. The zero-order valence-corrected chi connectivity index (χ0v) is 16.5. The van der Waals surface area contributed by atoms with Gasteiger partial charge in [0, 0.05) is 18.0 Å². The van der Waals surface area contributed by atoms with Crippen LogP contribution < -0.4 is 9.47 Å². The van der Waals surface area contributed by atoms with Crippen LogP contribution in [-0.2, 0) is 9.59 Å². The van der Waals surface area contributed by atoms with Gasteiger partial charge in [0.05, 0.1) is 19.2 Å². The summed E-state index contributed by atoms with van der Waals surface area (Å²) in [5, 5.41) is 1.93. The molecule has 0 saturated carbocycles. The van der Waals surface area contributed by atoms with Gasteiger partial charge in [0.1, 0.15) is 23.8 Å². The van der Waals surface area contributed by atoms with Gasteiger partial charge >= 0.3 is 0 Å². The number of hydrogen-bond acceptors (Lipinski definition) is 6. The second-order valence-electron chi connectivity index (χ2n) is 6.68. The summed E-state index contributed by atoms with van der Waals surface area (Å²) < 4.78 is 10.8. The standard InChI is InChI=1S/C21H22N2O4S/c1-26-15-6-8-16(9-7-15)27-13-12-23-20(24)18(17-5-4-14-28-17)19(21(23)25)22-10-2-3-11-22/h4-9,14H,2-3,10-13H2,1H3. The molecule has 28 heavy (non-hydrogen) atoms. The van der Waals surface area contributed by atoms with E-state index in [-0.39, 0.29) is 25.0 Å². The molecule has 2 aliphatic heterocycles. The van der Waals surface area contributed by atoms with E-state index in [1.54, 1.807) is 19.2 Å². The summed E-state index contributed by atoms with van der Waals surface area (Å²) in [4.78, 5) is 30.3. The topological polar surface area (TPSA) is 59.1 Å². The van der Waals surface area contributed by atoms with E-state index in [0.29, 0.717) is 17.0 Å². The lowest BCUT2D eigenvalue weighted by Crippen LogP contribution is -2.37. The van der Waals surface area contributed by atoms with Crippen LogP contribution in [0.3, 0.4) is 0 Å². The van der Waals surface area contributed by atoms with Crippen LogP contribution in [0, 0.1) is 0 Å². The molecule has 0 bridgehead atoms. The molecule has 2 amide bonds. The van der Waals surface area contributed by atoms with Gasteiger partial charge in [0.25, 0.3) is 11.8 Å². The minimum Gasteiger partial charge on any atom is -0.497 e. The van der Waals surface area contributed by atoms with E-state index in [2.05, 4.69) is 4.90 Å². The Kier molecular flexibility index (Phi) is 5.34. The number of ether oxygens (including phenoxy) is 2. The number of nitrogens with zero attached hydrogens (tertiary/aromatic N) is 2. The third-order valence-electron chi connectivity index (χ3n) is 4.98. The molecular weight excluding hydrogens is 376 g/mol. The predicted octanol–water partition coefficient (Wildman–Crippen LogP) is 3.01. The number of rotatable bonds is 7. The summed E-state index contributed by atoms with van der Waals surface area (Å²) in [5.74, 6) is 0.977. The fourth-order valence-corrected chi connectivity index (χ4v) is 4.33. The molecule has 2 aliphatic rings. The average Bonchev–Trinajstić information content (AvgIpc) is 3.46. The Morgan fingerprint density at radius 3 is 2.36 bits per heavy atom. The average molecular weight is 398 g/mol. The molecule has 3 heterocycles. The maximum atomic E-state index is 13.1. The van der Waals surface area contributed by atoms with E-state index in [9.17, 15) is 9.59 Å². The first-order valence-electron chi connectivity index (χ1n) is 9.35. The van der Waals surface area contributed by atoms with E-state index in [0.717, 1.165) is 36.6 Å². The van der Waals surface area contributed by atoms with E-state index >= 15 is 0 Å². The third-order valence-corrected chi connectivity index (χ3v) is 5.86. The minimum absolute atomic E-state index is 0.214. The lowest BCUT2D eigenvalue weighted by Gasteiger charge is -2.20. The highest BCUT2D eigenvalue weighted by molar-refractivity contribution is 7.11. The van der Waals surface area contributed by atoms with Crippen molar-refractivity contribution in [3.05, 3.63) is 52.4 Å². The van der Waals surface area contributed by atoms with Crippen LogP contribution in [0.4, 0.5) is 0 Å². The Hall–Kier alpha value is -2.80. The molecule has 7 heteroatoms. The number of carbonyl (C=O) groups is 2.